The average Bonchev–Trinajstić information content (AvgIpc) is 3.39. The summed E-state index contributed by atoms with van der Waals surface area (Å²) in [6.07, 6.45) is 4.76. The molecular formula is C23H17N3O3. The molecule has 4 N–H and O–H groups in total. The monoisotopic (exact) mass is 383 g/mol. The molecule has 142 valence electrons. The largest absolute Gasteiger partial charge is 0.494 e. The van der Waals surface area contributed by atoms with Gasteiger partial charge < -0.3 is 15.2 Å². The Morgan fingerprint density at radius 3 is 2.48 bits per heavy atom. The minimum absolute atomic E-state index is 0.0350. The van der Waals surface area contributed by atoms with Crippen molar-refractivity contribution in [3.05, 3.63) is 60.4 Å². The van der Waals surface area contributed by atoms with Gasteiger partial charge in [0.2, 0.25) is 5.91 Å². The van der Waals surface area contributed by atoms with E-state index in [0.29, 0.717) is 29.5 Å². The molecule has 0 bridgehead atoms. The van der Waals surface area contributed by atoms with Gasteiger partial charge in [0, 0.05) is 46.2 Å². The van der Waals surface area contributed by atoms with Crippen LogP contribution in [0.25, 0.3) is 44.1 Å². The molecule has 5 aromatic rings. The van der Waals surface area contributed by atoms with Gasteiger partial charge in [0.25, 0.3) is 0 Å². The molecule has 6 heteroatoms. The molecule has 6 rings (SSSR count). The summed E-state index contributed by atoms with van der Waals surface area (Å²) in [5.74, 6) is -0.202. The Balaban J connectivity index is 1.71. The van der Waals surface area contributed by atoms with Gasteiger partial charge >= 0.3 is 0 Å². The molecule has 1 aliphatic heterocycles. The number of carbonyl (C=O) groups excluding carboxylic acids is 1. The second kappa shape index (κ2) is 5.54. The van der Waals surface area contributed by atoms with E-state index < -0.39 is 0 Å². The molecular weight excluding hydrogens is 366 g/mol. The smallest absolute Gasteiger partial charge is 0.231 e. The average molecular weight is 383 g/mol. The van der Waals surface area contributed by atoms with Crippen LogP contribution in [-0.4, -0.2) is 30.7 Å². The van der Waals surface area contributed by atoms with Crippen molar-refractivity contribution in [3.63, 3.8) is 0 Å². The Morgan fingerprint density at radius 2 is 1.62 bits per heavy atom. The number of carbonyl (C=O) groups is 1. The molecule has 0 saturated heterocycles. The van der Waals surface area contributed by atoms with Gasteiger partial charge in [-0.05, 0) is 18.1 Å². The maximum Gasteiger partial charge on any atom is 0.231 e. The van der Waals surface area contributed by atoms with Gasteiger partial charge in [0.15, 0.2) is 11.8 Å². The van der Waals surface area contributed by atoms with Crippen molar-refractivity contribution in [1.82, 2.24) is 14.5 Å². The van der Waals surface area contributed by atoms with Gasteiger partial charge in [0.05, 0.1) is 16.6 Å². The van der Waals surface area contributed by atoms with Crippen LogP contribution in [0.4, 0.5) is 0 Å². The van der Waals surface area contributed by atoms with E-state index >= 15 is 0 Å². The first-order valence-corrected chi connectivity index (χ1v) is 9.50. The maximum absolute atomic E-state index is 12.5. The SMILES string of the molecule is O=C1CCc2cccc3c(-c4c(O)[nH]c(O)c4-c4c[nH]c5ccccc45)cn1c23. The van der Waals surface area contributed by atoms with E-state index in [1.807, 2.05) is 48.7 Å². The molecule has 2 aromatic carbocycles. The summed E-state index contributed by atoms with van der Waals surface area (Å²) in [5, 5.41) is 23.2. The van der Waals surface area contributed by atoms with Crippen molar-refractivity contribution >= 4 is 27.7 Å². The highest BCUT2D eigenvalue weighted by atomic mass is 16.3. The number of aromatic hydroxyl groups is 2. The Hall–Kier alpha value is -3.93. The van der Waals surface area contributed by atoms with Crippen molar-refractivity contribution in [2.45, 2.75) is 12.8 Å². The third kappa shape index (κ3) is 2.08. The highest BCUT2D eigenvalue weighted by molar-refractivity contribution is 6.10. The summed E-state index contributed by atoms with van der Waals surface area (Å²) in [6, 6.07) is 13.7. The highest BCUT2D eigenvalue weighted by Gasteiger charge is 2.28. The second-order valence-corrected chi connectivity index (χ2v) is 7.44. The number of aryl methyl sites for hydroxylation is 1. The highest BCUT2D eigenvalue weighted by Crippen LogP contribution is 2.49. The molecule has 6 nitrogen and oxygen atoms in total. The third-order valence-corrected chi connectivity index (χ3v) is 5.87. The number of hydrogen-bond donors (Lipinski definition) is 4. The normalized spacial score (nSPS) is 13.6. The number of nitrogens with one attached hydrogen (secondary N) is 2. The minimum atomic E-state index is -0.126. The van der Waals surface area contributed by atoms with Crippen LogP contribution in [0.2, 0.25) is 0 Å². The third-order valence-electron chi connectivity index (χ3n) is 5.87. The van der Waals surface area contributed by atoms with E-state index in [1.165, 1.54) is 0 Å². The van der Waals surface area contributed by atoms with Crippen molar-refractivity contribution in [1.29, 1.82) is 0 Å². The molecule has 1 aliphatic rings. The summed E-state index contributed by atoms with van der Waals surface area (Å²) in [7, 11) is 0. The lowest BCUT2D eigenvalue weighted by Crippen LogP contribution is -2.15. The first-order chi connectivity index (χ1) is 14.1. The fourth-order valence-corrected chi connectivity index (χ4v) is 4.59. The maximum atomic E-state index is 12.5. The van der Waals surface area contributed by atoms with Gasteiger partial charge in [-0.25, -0.2) is 0 Å². The fraction of sp³-hybridized carbons (Fsp3) is 0.0870. The van der Waals surface area contributed by atoms with Crippen LogP contribution in [0.1, 0.15) is 16.8 Å². The van der Waals surface area contributed by atoms with Crippen LogP contribution in [0.15, 0.2) is 54.9 Å². The zero-order valence-electron chi connectivity index (χ0n) is 15.4. The summed E-state index contributed by atoms with van der Waals surface area (Å²) in [6.45, 7) is 0. The van der Waals surface area contributed by atoms with Crippen LogP contribution >= 0.6 is 0 Å². The summed E-state index contributed by atoms with van der Waals surface area (Å²) in [4.78, 5) is 18.4. The van der Waals surface area contributed by atoms with Gasteiger partial charge in [0.1, 0.15) is 0 Å². The predicted molar refractivity (Wildman–Crippen MR) is 111 cm³/mol. The van der Waals surface area contributed by atoms with E-state index in [9.17, 15) is 15.0 Å². The number of rotatable bonds is 2. The molecule has 0 aliphatic carbocycles. The number of hydrogen-bond acceptors (Lipinski definition) is 3. The van der Waals surface area contributed by atoms with Crippen LogP contribution in [0, 0.1) is 0 Å². The van der Waals surface area contributed by atoms with Crippen LogP contribution in [0.3, 0.4) is 0 Å². The molecule has 29 heavy (non-hydrogen) atoms. The lowest BCUT2D eigenvalue weighted by molar-refractivity contribution is 0.0903. The molecule has 3 aromatic heterocycles. The predicted octanol–water partition coefficient (Wildman–Crippen LogP) is 4.78. The minimum Gasteiger partial charge on any atom is -0.494 e. The molecule has 0 spiro atoms. The number of aromatic nitrogens is 3. The number of nitrogens with zero attached hydrogens (tertiary/aromatic N) is 1. The van der Waals surface area contributed by atoms with Gasteiger partial charge in [-0.2, -0.15) is 0 Å². The van der Waals surface area contributed by atoms with Gasteiger partial charge in [-0.3, -0.25) is 14.3 Å². The summed E-state index contributed by atoms with van der Waals surface area (Å²) >= 11 is 0. The zero-order valence-corrected chi connectivity index (χ0v) is 15.4. The van der Waals surface area contributed by atoms with Crippen molar-refractivity contribution in [2.75, 3.05) is 0 Å². The van der Waals surface area contributed by atoms with E-state index in [4.69, 9.17) is 0 Å². The van der Waals surface area contributed by atoms with E-state index in [2.05, 4.69) is 9.97 Å². The van der Waals surface area contributed by atoms with Crippen molar-refractivity contribution < 1.29 is 15.0 Å². The van der Waals surface area contributed by atoms with E-state index in [1.54, 1.807) is 10.8 Å². The van der Waals surface area contributed by atoms with E-state index in [-0.39, 0.29) is 17.7 Å². The number of fused-ring (bicyclic) bond motifs is 1. The van der Waals surface area contributed by atoms with Crippen LogP contribution in [-0.2, 0) is 6.42 Å². The van der Waals surface area contributed by atoms with E-state index in [0.717, 1.165) is 32.9 Å². The fourth-order valence-electron chi connectivity index (χ4n) is 4.59. The Kier molecular flexibility index (Phi) is 3.07. The molecule has 4 heterocycles. The van der Waals surface area contributed by atoms with Crippen LogP contribution in [0.5, 0.6) is 11.8 Å². The Morgan fingerprint density at radius 1 is 0.862 bits per heavy atom. The molecule has 0 amide bonds. The lowest BCUT2D eigenvalue weighted by atomic mass is 9.96. The zero-order chi connectivity index (χ0) is 19.7. The first kappa shape index (κ1) is 16.1. The topological polar surface area (TPSA) is 94.0 Å². The standard InChI is InChI=1S/C23H17N3O3/c27-18-9-8-12-4-3-6-14-16(11-26(18)21(12)14)20-19(22(28)25-23(20)29)15-10-24-17-7-2-1-5-13(15)17/h1-7,10-11,24-25,28-29H,8-9H2. The summed E-state index contributed by atoms with van der Waals surface area (Å²) in [5.41, 5.74) is 5.42. The number of para-hydroxylation sites is 2. The quantitative estimate of drug-likeness (QED) is 0.353. The Labute approximate surface area is 165 Å². The lowest BCUT2D eigenvalue weighted by Gasteiger charge is -2.13. The molecule has 0 saturated carbocycles. The molecule has 0 unspecified atom stereocenters. The molecule has 0 atom stereocenters. The second-order valence-electron chi connectivity index (χ2n) is 7.44. The van der Waals surface area contributed by atoms with Gasteiger partial charge in [-0.15, -0.1) is 0 Å². The van der Waals surface area contributed by atoms with Crippen molar-refractivity contribution in [3.8, 4) is 34.0 Å². The molecule has 0 fully saturated rings. The number of benzene rings is 2. The molecule has 0 radical (unpaired) electrons. The number of H-pyrrole nitrogens is 2. The van der Waals surface area contributed by atoms with Crippen LogP contribution < -0.4 is 0 Å². The first-order valence-electron chi connectivity index (χ1n) is 9.50. The van der Waals surface area contributed by atoms with Gasteiger partial charge in [-0.1, -0.05) is 36.4 Å². The summed E-state index contributed by atoms with van der Waals surface area (Å²) < 4.78 is 1.67. The Bertz CT molecular complexity index is 1450. The van der Waals surface area contributed by atoms with Crippen molar-refractivity contribution in [2.24, 2.45) is 0 Å². The number of aromatic amines is 2.